The van der Waals surface area contributed by atoms with E-state index in [1.165, 1.54) is 0 Å². The highest BCUT2D eigenvalue weighted by Gasteiger charge is 2.53. The molecule has 3 amide bonds. The van der Waals surface area contributed by atoms with Crippen molar-refractivity contribution in [3.8, 4) is 5.75 Å². The van der Waals surface area contributed by atoms with Gasteiger partial charge in [-0.2, -0.15) is 0 Å². The molecule has 0 radical (unpaired) electrons. The van der Waals surface area contributed by atoms with Gasteiger partial charge in [0.25, 0.3) is 5.91 Å². The second kappa shape index (κ2) is 10.2. The molecule has 2 fully saturated rings. The number of hydrogen-bond acceptors (Lipinski definition) is 5. The van der Waals surface area contributed by atoms with E-state index < -0.39 is 11.6 Å². The summed E-state index contributed by atoms with van der Waals surface area (Å²) in [6, 6.07) is 14.5. The number of piperidine rings is 1. The third kappa shape index (κ3) is 4.76. The third-order valence-corrected chi connectivity index (χ3v) is 7.38. The van der Waals surface area contributed by atoms with E-state index in [2.05, 4.69) is 10.2 Å². The van der Waals surface area contributed by atoms with Gasteiger partial charge in [0.15, 0.2) is 0 Å². The largest absolute Gasteiger partial charge is 0.497 e. The Kier molecular flexibility index (Phi) is 7.24. The van der Waals surface area contributed by atoms with Crippen molar-refractivity contribution in [1.29, 1.82) is 0 Å². The molecular weight excluding hydrogens is 456 g/mol. The van der Waals surface area contributed by atoms with Crippen LogP contribution in [0.2, 0.25) is 0 Å². The van der Waals surface area contributed by atoms with Crippen LogP contribution in [0.4, 0.5) is 5.69 Å². The molecule has 2 saturated heterocycles. The summed E-state index contributed by atoms with van der Waals surface area (Å²) in [5.41, 5.74) is 1.76. The molecule has 0 aromatic heterocycles. The number of amides is 3. The Hall–Kier alpha value is -3.55. The standard InChI is InChI=1S/C28H36N4O4/c1-19(2)24(29-25(33)21-9-6-8-20(3)16-21)26(34)31-14-12-28(13-15-31)27(35)30(4)18-32(28)22-10-7-11-23(17-22)36-5/h6-11,16-17,19,24H,12-15,18H2,1-5H3,(H,29,33). The molecular formula is C28H36N4O4. The molecule has 1 spiro atoms. The summed E-state index contributed by atoms with van der Waals surface area (Å²) >= 11 is 0. The summed E-state index contributed by atoms with van der Waals surface area (Å²) in [5, 5.41) is 2.95. The van der Waals surface area contributed by atoms with Gasteiger partial charge in [-0.05, 0) is 49.9 Å². The summed E-state index contributed by atoms with van der Waals surface area (Å²) in [4.78, 5) is 45.5. The van der Waals surface area contributed by atoms with Crippen LogP contribution in [-0.2, 0) is 9.59 Å². The normalized spacial score (nSPS) is 18.1. The SMILES string of the molecule is COc1cccc(N2CN(C)C(=O)C23CCN(C(=O)C(NC(=O)c2cccc(C)c2)C(C)C)CC3)c1. The highest BCUT2D eigenvalue weighted by atomic mass is 16.5. The minimum atomic E-state index is -0.698. The van der Waals surface area contributed by atoms with Crippen LogP contribution in [0.5, 0.6) is 5.75 Å². The molecule has 8 heteroatoms. The van der Waals surface area contributed by atoms with E-state index in [0.29, 0.717) is 38.2 Å². The van der Waals surface area contributed by atoms with Gasteiger partial charge in [-0.15, -0.1) is 0 Å². The van der Waals surface area contributed by atoms with Crippen molar-refractivity contribution in [3.63, 3.8) is 0 Å². The number of aryl methyl sites for hydroxylation is 1. The maximum atomic E-state index is 13.5. The van der Waals surface area contributed by atoms with Gasteiger partial charge in [0.2, 0.25) is 11.8 Å². The van der Waals surface area contributed by atoms with Crippen LogP contribution >= 0.6 is 0 Å². The monoisotopic (exact) mass is 492 g/mol. The maximum absolute atomic E-state index is 13.5. The first kappa shape index (κ1) is 25.5. The molecule has 0 bridgehead atoms. The van der Waals surface area contributed by atoms with Gasteiger partial charge < -0.3 is 24.8 Å². The van der Waals surface area contributed by atoms with Crippen molar-refractivity contribution in [2.75, 3.05) is 38.8 Å². The molecule has 192 valence electrons. The number of carbonyl (C=O) groups is 3. The second-order valence-corrected chi connectivity index (χ2v) is 10.2. The predicted octanol–water partition coefficient (Wildman–Crippen LogP) is 3.06. The van der Waals surface area contributed by atoms with E-state index >= 15 is 0 Å². The molecule has 1 atom stereocenters. The van der Waals surface area contributed by atoms with Gasteiger partial charge in [-0.3, -0.25) is 14.4 Å². The average molecular weight is 493 g/mol. The van der Waals surface area contributed by atoms with Gasteiger partial charge in [-0.1, -0.05) is 37.6 Å². The summed E-state index contributed by atoms with van der Waals surface area (Å²) in [6.07, 6.45) is 1.05. The number of nitrogens with one attached hydrogen (secondary N) is 1. The maximum Gasteiger partial charge on any atom is 0.251 e. The van der Waals surface area contributed by atoms with Crippen LogP contribution in [-0.4, -0.2) is 73.0 Å². The van der Waals surface area contributed by atoms with Crippen molar-refractivity contribution < 1.29 is 19.1 Å². The zero-order valence-corrected chi connectivity index (χ0v) is 21.8. The fourth-order valence-electron chi connectivity index (χ4n) is 5.29. The third-order valence-electron chi connectivity index (χ3n) is 7.38. The smallest absolute Gasteiger partial charge is 0.251 e. The molecule has 2 heterocycles. The fourth-order valence-corrected chi connectivity index (χ4v) is 5.29. The van der Waals surface area contributed by atoms with Crippen molar-refractivity contribution in [1.82, 2.24) is 15.1 Å². The molecule has 2 aromatic rings. The highest BCUT2D eigenvalue weighted by Crippen LogP contribution is 2.40. The number of ether oxygens (including phenoxy) is 1. The number of likely N-dealkylation sites (tertiary alicyclic amines) is 1. The van der Waals surface area contributed by atoms with Crippen molar-refractivity contribution >= 4 is 23.4 Å². The molecule has 1 N–H and O–H groups in total. The number of rotatable bonds is 6. The molecule has 2 aliphatic rings. The molecule has 2 aromatic carbocycles. The number of hydrogen-bond donors (Lipinski definition) is 1. The van der Waals surface area contributed by atoms with Crippen molar-refractivity contribution in [3.05, 3.63) is 59.7 Å². The first-order chi connectivity index (χ1) is 17.2. The number of anilines is 1. The number of nitrogens with zero attached hydrogens (tertiary/aromatic N) is 3. The first-order valence-corrected chi connectivity index (χ1v) is 12.5. The summed E-state index contributed by atoms with van der Waals surface area (Å²) in [6.45, 7) is 7.18. The lowest BCUT2D eigenvalue weighted by Crippen LogP contribution is -2.60. The number of likely N-dealkylation sites (N-methyl/N-ethyl adjacent to an activating group) is 1. The van der Waals surface area contributed by atoms with Gasteiger partial charge in [0.1, 0.15) is 17.3 Å². The molecule has 1 unspecified atom stereocenters. The van der Waals surface area contributed by atoms with Crippen LogP contribution in [0.15, 0.2) is 48.5 Å². The summed E-state index contributed by atoms with van der Waals surface area (Å²) in [5.74, 6) is 0.380. The average Bonchev–Trinajstić information content (AvgIpc) is 3.12. The molecule has 0 aliphatic carbocycles. The Morgan fingerprint density at radius 2 is 1.75 bits per heavy atom. The van der Waals surface area contributed by atoms with Gasteiger partial charge in [0, 0.05) is 37.5 Å². The van der Waals surface area contributed by atoms with Crippen molar-refractivity contribution in [2.45, 2.75) is 45.2 Å². The molecule has 4 rings (SSSR count). The summed E-state index contributed by atoms with van der Waals surface area (Å²) in [7, 11) is 3.44. The van der Waals surface area contributed by atoms with Gasteiger partial charge >= 0.3 is 0 Å². The molecule has 0 saturated carbocycles. The van der Waals surface area contributed by atoms with E-state index in [-0.39, 0.29) is 23.6 Å². The quantitative estimate of drug-likeness (QED) is 0.670. The second-order valence-electron chi connectivity index (χ2n) is 10.2. The number of benzene rings is 2. The lowest BCUT2D eigenvalue weighted by atomic mass is 9.85. The predicted molar refractivity (Wildman–Crippen MR) is 139 cm³/mol. The Morgan fingerprint density at radius 1 is 1.06 bits per heavy atom. The first-order valence-electron chi connectivity index (χ1n) is 12.5. The summed E-state index contributed by atoms with van der Waals surface area (Å²) < 4.78 is 5.40. The van der Waals surface area contributed by atoms with Crippen LogP contribution < -0.4 is 15.0 Å². The van der Waals surface area contributed by atoms with Gasteiger partial charge in [-0.25, -0.2) is 0 Å². The van der Waals surface area contributed by atoms with E-state index in [9.17, 15) is 14.4 Å². The minimum Gasteiger partial charge on any atom is -0.497 e. The van der Waals surface area contributed by atoms with Crippen LogP contribution in [0.25, 0.3) is 0 Å². The van der Waals surface area contributed by atoms with E-state index in [4.69, 9.17) is 4.74 Å². The van der Waals surface area contributed by atoms with Crippen LogP contribution in [0.1, 0.15) is 42.6 Å². The van der Waals surface area contributed by atoms with Gasteiger partial charge in [0.05, 0.1) is 13.8 Å². The van der Waals surface area contributed by atoms with Crippen LogP contribution in [0, 0.1) is 12.8 Å². The van der Waals surface area contributed by atoms with E-state index in [0.717, 1.165) is 17.0 Å². The minimum absolute atomic E-state index is 0.0744. The Labute approximate surface area is 213 Å². The van der Waals surface area contributed by atoms with Crippen molar-refractivity contribution in [2.24, 2.45) is 5.92 Å². The molecule has 2 aliphatic heterocycles. The Balaban J connectivity index is 1.49. The number of methoxy groups -OCH3 is 1. The zero-order chi connectivity index (χ0) is 26.0. The lowest BCUT2D eigenvalue weighted by molar-refractivity contribution is -0.139. The fraction of sp³-hybridized carbons (Fsp3) is 0.464. The lowest BCUT2D eigenvalue weighted by Gasteiger charge is -2.44. The molecule has 8 nitrogen and oxygen atoms in total. The Bertz CT molecular complexity index is 1140. The topological polar surface area (TPSA) is 82.2 Å². The van der Waals surface area contributed by atoms with Crippen LogP contribution in [0.3, 0.4) is 0 Å². The highest BCUT2D eigenvalue weighted by molar-refractivity contribution is 5.98. The number of carbonyl (C=O) groups excluding carboxylic acids is 3. The zero-order valence-electron chi connectivity index (χ0n) is 21.8. The van der Waals surface area contributed by atoms with E-state index in [1.54, 1.807) is 23.0 Å². The molecule has 36 heavy (non-hydrogen) atoms. The Morgan fingerprint density at radius 3 is 2.39 bits per heavy atom. The van der Waals surface area contributed by atoms with E-state index in [1.807, 2.05) is 70.3 Å².